The van der Waals surface area contributed by atoms with Crippen molar-refractivity contribution in [3.63, 3.8) is 0 Å². The van der Waals surface area contributed by atoms with E-state index in [2.05, 4.69) is 14.7 Å². The first kappa shape index (κ1) is 24.2. The van der Waals surface area contributed by atoms with Crippen LogP contribution >= 0.6 is 0 Å². The van der Waals surface area contributed by atoms with Crippen LogP contribution in [-0.4, -0.2) is 29.9 Å². The third kappa shape index (κ3) is 4.32. The summed E-state index contributed by atoms with van der Waals surface area (Å²) in [5, 5.41) is 1.39. The number of amides is 1. The average molecular weight is 529 g/mol. The Morgan fingerprint density at radius 2 is 1.97 bits per heavy atom. The molecule has 3 aromatic heterocycles. The van der Waals surface area contributed by atoms with E-state index in [1.807, 2.05) is 37.3 Å². The monoisotopic (exact) mass is 528 g/mol. The normalized spacial score (nSPS) is 14.2. The van der Waals surface area contributed by atoms with Gasteiger partial charge in [0.2, 0.25) is 5.95 Å². The molecule has 192 valence electrons. The largest absolute Gasteiger partial charge is 0.331 e. The first-order valence-corrected chi connectivity index (χ1v) is 13.7. The van der Waals surface area contributed by atoms with Crippen LogP contribution in [0.5, 0.6) is 0 Å². The number of carbonyl (C=O) groups is 1. The van der Waals surface area contributed by atoms with Gasteiger partial charge in [0.05, 0.1) is 17.3 Å². The number of para-hydroxylation sites is 1. The molecule has 38 heavy (non-hydrogen) atoms. The van der Waals surface area contributed by atoms with E-state index in [0.29, 0.717) is 33.1 Å². The quantitative estimate of drug-likeness (QED) is 0.295. The van der Waals surface area contributed by atoms with Crippen LogP contribution in [0.4, 0.5) is 4.39 Å². The molecule has 9 heteroatoms. The second kappa shape index (κ2) is 9.64. The minimum absolute atomic E-state index is 0.00477. The molecule has 0 saturated heterocycles. The van der Waals surface area contributed by atoms with Crippen molar-refractivity contribution in [1.82, 2.24) is 19.3 Å². The molecule has 0 aliphatic heterocycles. The summed E-state index contributed by atoms with van der Waals surface area (Å²) in [5.41, 5.74) is 3.06. The molecule has 2 aromatic carbocycles. The van der Waals surface area contributed by atoms with Gasteiger partial charge in [-0.2, -0.15) is 4.39 Å². The van der Waals surface area contributed by atoms with Crippen molar-refractivity contribution < 1.29 is 13.4 Å². The molecule has 2 N–H and O–H groups in total. The first-order valence-electron chi connectivity index (χ1n) is 12.5. The third-order valence-electron chi connectivity index (χ3n) is 6.94. The molecule has 1 aliphatic rings. The number of hydrogen-bond donors (Lipinski definition) is 2. The van der Waals surface area contributed by atoms with Gasteiger partial charge in [0.25, 0.3) is 11.5 Å². The van der Waals surface area contributed by atoms with Gasteiger partial charge in [0.15, 0.2) is 0 Å². The molecule has 1 amide bonds. The molecule has 0 spiro atoms. The van der Waals surface area contributed by atoms with Gasteiger partial charge in [-0.05, 0) is 61.2 Å². The van der Waals surface area contributed by atoms with Crippen LogP contribution < -0.4 is 10.3 Å². The first-order chi connectivity index (χ1) is 18.4. The van der Waals surface area contributed by atoms with Crippen LogP contribution in [0.2, 0.25) is 0 Å². The highest BCUT2D eigenvalue weighted by Crippen LogP contribution is 2.36. The highest BCUT2D eigenvalue weighted by molar-refractivity contribution is 7.84. The van der Waals surface area contributed by atoms with E-state index in [1.165, 1.54) is 6.20 Å². The van der Waals surface area contributed by atoms with Crippen molar-refractivity contribution >= 4 is 38.7 Å². The zero-order chi connectivity index (χ0) is 26.4. The summed E-state index contributed by atoms with van der Waals surface area (Å²) in [6.45, 7) is 2.02. The smallest absolute Gasteiger partial charge is 0.280 e. The predicted molar refractivity (Wildman–Crippen MR) is 147 cm³/mol. The predicted octanol–water partition coefficient (Wildman–Crippen LogP) is 4.85. The Labute approximate surface area is 220 Å². The number of nitrogens with zero attached hydrogens (tertiary/aromatic N) is 2. The number of pyridine rings is 2. The zero-order valence-corrected chi connectivity index (χ0v) is 21.5. The van der Waals surface area contributed by atoms with Crippen molar-refractivity contribution in [3.8, 4) is 11.1 Å². The molecule has 1 aliphatic carbocycles. The van der Waals surface area contributed by atoms with Crippen molar-refractivity contribution in [3.05, 3.63) is 100.0 Å². The van der Waals surface area contributed by atoms with E-state index in [0.717, 1.165) is 30.2 Å². The van der Waals surface area contributed by atoms with E-state index in [4.69, 9.17) is 0 Å². The maximum absolute atomic E-state index is 15.2. The molecule has 1 atom stereocenters. The summed E-state index contributed by atoms with van der Waals surface area (Å²) in [7, 11) is -1.55. The van der Waals surface area contributed by atoms with Crippen molar-refractivity contribution in [2.24, 2.45) is 0 Å². The number of aromatic amines is 1. The summed E-state index contributed by atoms with van der Waals surface area (Å²) in [5.74, 6) is -1.21. The Kier molecular flexibility index (Phi) is 6.15. The van der Waals surface area contributed by atoms with E-state index in [9.17, 15) is 13.8 Å². The van der Waals surface area contributed by atoms with Gasteiger partial charge in [0.1, 0.15) is 16.7 Å². The van der Waals surface area contributed by atoms with E-state index in [-0.39, 0.29) is 23.0 Å². The minimum atomic E-state index is -1.55. The van der Waals surface area contributed by atoms with Crippen LogP contribution in [-0.2, 0) is 24.0 Å². The fourth-order valence-electron chi connectivity index (χ4n) is 4.84. The Morgan fingerprint density at radius 3 is 2.74 bits per heavy atom. The Balaban J connectivity index is 1.62. The minimum Gasteiger partial charge on any atom is -0.331 e. The average Bonchev–Trinajstić information content (AvgIpc) is 3.73. The molecule has 7 nitrogen and oxygen atoms in total. The maximum Gasteiger partial charge on any atom is 0.280 e. The van der Waals surface area contributed by atoms with E-state index in [1.54, 1.807) is 34.9 Å². The molecule has 6 rings (SSSR count). The molecule has 1 saturated carbocycles. The van der Waals surface area contributed by atoms with Gasteiger partial charge in [0, 0.05) is 39.2 Å². The number of halogens is 1. The van der Waals surface area contributed by atoms with Gasteiger partial charge in [-0.25, -0.2) is 9.19 Å². The highest BCUT2D eigenvalue weighted by atomic mass is 32.2. The lowest BCUT2D eigenvalue weighted by molar-refractivity contribution is 0.0975. The lowest BCUT2D eigenvalue weighted by Crippen LogP contribution is -2.30. The number of aryl methyl sites for hydroxylation is 1. The van der Waals surface area contributed by atoms with Crippen LogP contribution in [0.3, 0.4) is 0 Å². The van der Waals surface area contributed by atoms with Crippen molar-refractivity contribution in [2.75, 3.05) is 0 Å². The molecule has 5 aromatic rings. The lowest BCUT2D eigenvalue weighted by Gasteiger charge is -2.13. The number of hydrogen-bond acceptors (Lipinski definition) is 4. The fourth-order valence-corrected chi connectivity index (χ4v) is 5.85. The Hall–Kier alpha value is -4.11. The van der Waals surface area contributed by atoms with Gasteiger partial charge < -0.3 is 9.55 Å². The topological polar surface area (TPSA) is 96.9 Å². The molecule has 1 fully saturated rings. The van der Waals surface area contributed by atoms with Crippen LogP contribution in [0.15, 0.2) is 71.7 Å². The van der Waals surface area contributed by atoms with Gasteiger partial charge in [-0.15, -0.1) is 0 Å². The number of rotatable bonds is 7. The number of carbonyl (C=O) groups excluding carboxylic acids is 1. The molecular weight excluding hydrogens is 503 g/mol. The molecule has 3 heterocycles. The number of fused-ring (bicyclic) bond motifs is 2. The number of benzene rings is 2. The van der Waals surface area contributed by atoms with Crippen LogP contribution in [0, 0.1) is 5.95 Å². The van der Waals surface area contributed by atoms with Crippen LogP contribution in [0.25, 0.3) is 32.9 Å². The van der Waals surface area contributed by atoms with Crippen molar-refractivity contribution in [1.29, 1.82) is 0 Å². The summed E-state index contributed by atoms with van der Waals surface area (Å²) in [6.07, 6.45) is 3.85. The Morgan fingerprint density at radius 1 is 1.16 bits per heavy atom. The lowest BCUT2D eigenvalue weighted by atomic mass is 10.0. The van der Waals surface area contributed by atoms with E-state index < -0.39 is 22.8 Å². The standard InChI is InChI=1S/C29H25FN4O3S/c1-2-17-9-12-24-22(14-17)25(21-7-5-13-31-28(21)35)26(29(36)33-38(37)20-10-11-20)34(24)16-19-15-18-6-3-4-8-23(18)32-27(19)30/h3-9,12-15,20H,2,10-11,16H2,1H3,(H,31,35)(H,33,36). The number of H-pyrrole nitrogens is 1. The van der Waals surface area contributed by atoms with Gasteiger partial charge in [-0.1, -0.05) is 31.2 Å². The summed E-state index contributed by atoms with van der Waals surface area (Å²) in [6, 6.07) is 18.1. The molecule has 0 bridgehead atoms. The fraction of sp³-hybridized carbons (Fsp3) is 0.207. The number of nitrogens with one attached hydrogen (secondary N) is 2. The van der Waals surface area contributed by atoms with Crippen molar-refractivity contribution in [2.45, 2.75) is 38.0 Å². The van der Waals surface area contributed by atoms with Crippen LogP contribution in [0.1, 0.15) is 41.4 Å². The summed E-state index contributed by atoms with van der Waals surface area (Å²) in [4.78, 5) is 33.6. The Bertz CT molecular complexity index is 1810. The number of aromatic nitrogens is 3. The molecular formula is C29H25FN4O3S. The second-order valence-electron chi connectivity index (χ2n) is 9.49. The van der Waals surface area contributed by atoms with Gasteiger partial charge >= 0.3 is 0 Å². The molecule has 0 radical (unpaired) electrons. The summed E-state index contributed by atoms with van der Waals surface area (Å²) >= 11 is 0. The summed E-state index contributed by atoms with van der Waals surface area (Å²) < 4.78 is 32.3. The highest BCUT2D eigenvalue weighted by Gasteiger charge is 2.32. The SMILES string of the molecule is CCc1ccc2c(c1)c(-c1ccc[nH]c1=O)c(C(=O)NS(=O)C1CC1)n2Cc1cc2ccccc2nc1F. The second-order valence-corrected chi connectivity index (χ2v) is 11.0. The molecule has 1 unspecified atom stereocenters. The zero-order valence-electron chi connectivity index (χ0n) is 20.7. The van der Waals surface area contributed by atoms with E-state index >= 15 is 4.39 Å². The van der Waals surface area contributed by atoms with Gasteiger partial charge in [-0.3, -0.25) is 14.3 Å². The maximum atomic E-state index is 15.2. The third-order valence-corrected chi connectivity index (χ3v) is 8.40.